The van der Waals surface area contributed by atoms with E-state index in [2.05, 4.69) is 4.74 Å². The number of hydrogen-bond donors (Lipinski definition) is 0. The first-order valence-corrected chi connectivity index (χ1v) is 4.64. The first kappa shape index (κ1) is 13.3. The monoisotopic (exact) mass is 252 g/mol. The Hall–Kier alpha value is -2.77. The number of nitro benzene ring substituents is 2. The highest BCUT2D eigenvalue weighted by atomic mass is 16.6. The lowest BCUT2D eigenvalue weighted by Gasteiger charge is -1.97. The second-order valence-electron chi connectivity index (χ2n) is 3.12. The highest BCUT2D eigenvalue weighted by Gasteiger charge is 2.23. The Morgan fingerprint density at radius 1 is 1.22 bits per heavy atom. The number of nitro groups is 2. The molecule has 0 heterocycles. The number of carbonyl (C=O) groups excluding carboxylic acids is 1. The second kappa shape index (κ2) is 5.53. The van der Waals surface area contributed by atoms with Crippen molar-refractivity contribution >= 4 is 23.4 Å². The molecule has 0 saturated heterocycles. The van der Waals surface area contributed by atoms with E-state index in [-0.39, 0.29) is 5.56 Å². The Morgan fingerprint density at radius 2 is 1.83 bits per heavy atom. The van der Waals surface area contributed by atoms with Gasteiger partial charge >= 0.3 is 17.3 Å². The molecule has 1 aromatic rings. The van der Waals surface area contributed by atoms with E-state index >= 15 is 0 Å². The molecule has 8 nitrogen and oxygen atoms in total. The van der Waals surface area contributed by atoms with Crippen LogP contribution in [0.2, 0.25) is 0 Å². The highest BCUT2D eigenvalue weighted by Crippen LogP contribution is 2.27. The molecule has 94 valence electrons. The van der Waals surface area contributed by atoms with Crippen LogP contribution in [0.25, 0.3) is 6.08 Å². The molecule has 0 spiro atoms. The minimum absolute atomic E-state index is 0.290. The summed E-state index contributed by atoms with van der Waals surface area (Å²) >= 11 is 0. The van der Waals surface area contributed by atoms with Crippen LogP contribution in [0, 0.1) is 20.2 Å². The Balaban J connectivity index is 3.15. The standard InChI is InChI=1S/C10H8N2O6/c1-18-10(13)5-3-7-2-4-8(11(14)15)9(6-7)12(16)17/h2-6H,1H3. The van der Waals surface area contributed by atoms with Crippen LogP contribution in [0.3, 0.4) is 0 Å². The summed E-state index contributed by atoms with van der Waals surface area (Å²) in [6, 6.07) is 3.32. The minimum atomic E-state index is -0.854. The maximum absolute atomic E-state index is 10.8. The van der Waals surface area contributed by atoms with E-state index in [4.69, 9.17) is 0 Å². The van der Waals surface area contributed by atoms with Crippen LogP contribution in [0.5, 0.6) is 0 Å². The van der Waals surface area contributed by atoms with Gasteiger partial charge in [-0.15, -0.1) is 0 Å². The molecule has 0 aliphatic heterocycles. The Kier molecular flexibility index (Phi) is 4.08. The van der Waals surface area contributed by atoms with Crippen molar-refractivity contribution in [3.63, 3.8) is 0 Å². The number of benzene rings is 1. The van der Waals surface area contributed by atoms with E-state index in [0.717, 1.165) is 18.2 Å². The molecule has 0 aliphatic rings. The molecule has 1 aromatic carbocycles. The summed E-state index contributed by atoms with van der Waals surface area (Å²) in [5, 5.41) is 21.2. The van der Waals surface area contributed by atoms with Gasteiger partial charge < -0.3 is 4.74 Å². The van der Waals surface area contributed by atoms with E-state index in [1.165, 1.54) is 19.3 Å². The van der Waals surface area contributed by atoms with Crippen molar-refractivity contribution in [2.45, 2.75) is 0 Å². The first-order chi connectivity index (χ1) is 8.45. The number of esters is 1. The number of methoxy groups -OCH3 is 1. The average molecular weight is 252 g/mol. The zero-order valence-electron chi connectivity index (χ0n) is 9.23. The molecule has 0 amide bonds. The topological polar surface area (TPSA) is 113 Å². The van der Waals surface area contributed by atoms with E-state index in [0.29, 0.717) is 0 Å². The quantitative estimate of drug-likeness (QED) is 0.348. The van der Waals surface area contributed by atoms with Crippen molar-refractivity contribution in [1.82, 2.24) is 0 Å². The maximum Gasteiger partial charge on any atom is 0.346 e. The van der Waals surface area contributed by atoms with Crippen molar-refractivity contribution in [2.24, 2.45) is 0 Å². The lowest BCUT2D eigenvalue weighted by Crippen LogP contribution is -1.97. The molecule has 0 aromatic heterocycles. The number of nitrogens with zero attached hydrogens (tertiary/aromatic N) is 2. The second-order valence-corrected chi connectivity index (χ2v) is 3.12. The lowest BCUT2D eigenvalue weighted by molar-refractivity contribution is -0.422. The number of ether oxygens (including phenoxy) is 1. The normalized spacial score (nSPS) is 10.3. The van der Waals surface area contributed by atoms with E-state index in [1.54, 1.807) is 0 Å². The number of rotatable bonds is 4. The molecule has 0 bridgehead atoms. The molecule has 0 saturated carbocycles. The van der Waals surface area contributed by atoms with Gasteiger partial charge in [0.15, 0.2) is 0 Å². The Morgan fingerprint density at radius 3 is 2.33 bits per heavy atom. The molecule has 0 aliphatic carbocycles. The molecule has 8 heteroatoms. The van der Waals surface area contributed by atoms with Crippen LogP contribution in [-0.4, -0.2) is 22.9 Å². The van der Waals surface area contributed by atoms with E-state index in [1.807, 2.05) is 0 Å². The number of hydrogen-bond acceptors (Lipinski definition) is 6. The van der Waals surface area contributed by atoms with Gasteiger partial charge in [0.25, 0.3) is 0 Å². The lowest BCUT2D eigenvalue weighted by atomic mass is 10.1. The average Bonchev–Trinajstić information content (AvgIpc) is 2.35. The molecule has 0 radical (unpaired) electrons. The summed E-state index contributed by atoms with van der Waals surface area (Å²) in [6.45, 7) is 0. The van der Waals surface area contributed by atoms with Crippen LogP contribution in [0.4, 0.5) is 11.4 Å². The van der Waals surface area contributed by atoms with Gasteiger partial charge in [-0.25, -0.2) is 4.79 Å². The summed E-state index contributed by atoms with van der Waals surface area (Å²) in [7, 11) is 1.19. The molecule has 0 atom stereocenters. The third-order valence-electron chi connectivity index (χ3n) is 2.01. The van der Waals surface area contributed by atoms with Gasteiger partial charge in [-0.05, 0) is 17.7 Å². The molecule has 18 heavy (non-hydrogen) atoms. The molecule has 0 N–H and O–H groups in total. The van der Waals surface area contributed by atoms with Gasteiger partial charge in [0.2, 0.25) is 0 Å². The molecule has 0 fully saturated rings. The smallest absolute Gasteiger partial charge is 0.346 e. The fourth-order valence-electron chi connectivity index (χ4n) is 1.18. The summed E-state index contributed by atoms with van der Waals surface area (Å²) < 4.78 is 4.34. The molecule has 0 unspecified atom stereocenters. The summed E-state index contributed by atoms with van der Waals surface area (Å²) in [6.07, 6.45) is 2.33. The summed E-state index contributed by atoms with van der Waals surface area (Å²) in [5.74, 6) is -0.629. The summed E-state index contributed by atoms with van der Waals surface area (Å²) in [5.41, 5.74) is -0.945. The fourth-order valence-corrected chi connectivity index (χ4v) is 1.18. The first-order valence-electron chi connectivity index (χ1n) is 4.64. The maximum atomic E-state index is 10.8. The van der Waals surface area contributed by atoms with Crippen LogP contribution in [0.1, 0.15) is 5.56 Å². The Labute approximate surface area is 101 Å². The van der Waals surface area contributed by atoms with Crippen LogP contribution < -0.4 is 0 Å². The van der Waals surface area contributed by atoms with E-state index in [9.17, 15) is 25.0 Å². The zero-order chi connectivity index (χ0) is 13.7. The largest absolute Gasteiger partial charge is 0.466 e. The van der Waals surface area contributed by atoms with E-state index < -0.39 is 27.2 Å². The number of carbonyl (C=O) groups is 1. The third-order valence-corrected chi connectivity index (χ3v) is 2.01. The van der Waals surface area contributed by atoms with Crippen molar-refractivity contribution in [3.8, 4) is 0 Å². The van der Waals surface area contributed by atoms with Crippen molar-refractivity contribution in [2.75, 3.05) is 7.11 Å². The fraction of sp³-hybridized carbons (Fsp3) is 0.100. The van der Waals surface area contributed by atoms with Gasteiger partial charge in [-0.3, -0.25) is 20.2 Å². The predicted octanol–water partition coefficient (Wildman–Crippen LogP) is 1.69. The van der Waals surface area contributed by atoms with Crippen molar-refractivity contribution in [3.05, 3.63) is 50.1 Å². The van der Waals surface area contributed by atoms with Crippen molar-refractivity contribution < 1.29 is 19.4 Å². The van der Waals surface area contributed by atoms with Crippen molar-refractivity contribution in [1.29, 1.82) is 0 Å². The molecular weight excluding hydrogens is 244 g/mol. The van der Waals surface area contributed by atoms with Gasteiger partial charge in [0.1, 0.15) is 0 Å². The van der Waals surface area contributed by atoms with Crippen LogP contribution in [-0.2, 0) is 9.53 Å². The van der Waals surface area contributed by atoms with Crippen LogP contribution >= 0.6 is 0 Å². The Bertz CT molecular complexity index is 537. The summed E-state index contributed by atoms with van der Waals surface area (Å²) in [4.78, 5) is 30.4. The van der Waals surface area contributed by atoms with Gasteiger partial charge in [0.05, 0.1) is 17.0 Å². The highest BCUT2D eigenvalue weighted by molar-refractivity contribution is 5.87. The minimum Gasteiger partial charge on any atom is -0.466 e. The zero-order valence-corrected chi connectivity index (χ0v) is 9.23. The molecule has 1 rings (SSSR count). The van der Waals surface area contributed by atoms with Gasteiger partial charge in [0, 0.05) is 18.2 Å². The van der Waals surface area contributed by atoms with Crippen LogP contribution in [0.15, 0.2) is 24.3 Å². The SMILES string of the molecule is COC(=O)C=Cc1ccc([N+](=O)[O-])c([N+](=O)[O-])c1. The third kappa shape index (κ3) is 3.11. The molecular formula is C10H8N2O6. The van der Waals surface area contributed by atoms with Gasteiger partial charge in [-0.2, -0.15) is 0 Å². The van der Waals surface area contributed by atoms with Gasteiger partial charge in [-0.1, -0.05) is 0 Å². The predicted molar refractivity (Wildman–Crippen MR) is 60.8 cm³/mol.